The summed E-state index contributed by atoms with van der Waals surface area (Å²) in [6.45, 7) is 4.47. The SMILES string of the molecule is CCN1CCC[C@@H]1CNC(=O)c1cc(CC[18F])ccc1OC. The minimum absolute atomic E-state index is 0.152. The molecular weight excluding hydrogens is 282 g/mol. The van der Waals surface area contributed by atoms with Gasteiger partial charge in [-0.3, -0.25) is 14.1 Å². The summed E-state index contributed by atoms with van der Waals surface area (Å²) in [6.07, 6.45) is 2.62. The number of carbonyl (C=O) groups is 1. The summed E-state index contributed by atoms with van der Waals surface area (Å²) in [5, 5.41) is 2.99. The van der Waals surface area contributed by atoms with Gasteiger partial charge in [-0.25, -0.2) is 0 Å². The van der Waals surface area contributed by atoms with Crippen molar-refractivity contribution in [1.29, 1.82) is 0 Å². The number of carbonyl (C=O) groups excluding carboxylic acids is 1. The molecule has 0 aromatic heterocycles. The van der Waals surface area contributed by atoms with Gasteiger partial charge in [-0.15, -0.1) is 0 Å². The number of ether oxygens (including phenoxy) is 1. The van der Waals surface area contributed by atoms with Crippen LogP contribution in [0.3, 0.4) is 0 Å². The number of hydrogen-bond acceptors (Lipinski definition) is 3. The first-order chi connectivity index (χ1) is 10.7. The average Bonchev–Trinajstić information content (AvgIpc) is 3.00. The third kappa shape index (κ3) is 3.97. The van der Waals surface area contributed by atoms with Gasteiger partial charge >= 0.3 is 0 Å². The fourth-order valence-corrected chi connectivity index (χ4v) is 3.05. The van der Waals surface area contributed by atoms with Crippen molar-refractivity contribution in [2.45, 2.75) is 32.2 Å². The largest absolute Gasteiger partial charge is 0.496 e. The lowest BCUT2D eigenvalue weighted by Gasteiger charge is -2.23. The number of halogens is 1. The van der Waals surface area contributed by atoms with E-state index in [1.807, 2.05) is 0 Å². The number of likely N-dealkylation sites (tertiary alicyclic amines) is 1. The molecule has 2 rings (SSSR count). The molecule has 1 saturated heterocycles. The molecule has 1 N–H and O–H groups in total. The monoisotopic (exact) mass is 307 g/mol. The number of benzene rings is 1. The summed E-state index contributed by atoms with van der Waals surface area (Å²) in [6, 6.07) is 5.66. The third-order valence-corrected chi connectivity index (χ3v) is 4.30. The van der Waals surface area contributed by atoms with E-state index in [9.17, 15) is 9.18 Å². The van der Waals surface area contributed by atoms with Crippen molar-refractivity contribution >= 4 is 5.91 Å². The van der Waals surface area contributed by atoms with Crippen molar-refractivity contribution in [3.8, 4) is 5.75 Å². The second-order valence-corrected chi connectivity index (χ2v) is 5.61. The molecule has 0 radical (unpaired) electrons. The van der Waals surface area contributed by atoms with Gasteiger partial charge in [0.2, 0.25) is 0 Å². The maximum absolute atomic E-state index is 12.5. The molecule has 1 aromatic rings. The van der Waals surface area contributed by atoms with Crippen LogP contribution in [0.2, 0.25) is 0 Å². The molecule has 1 aliphatic rings. The van der Waals surface area contributed by atoms with Gasteiger partial charge < -0.3 is 10.1 Å². The minimum atomic E-state index is -0.430. The first kappa shape index (κ1) is 16.7. The van der Waals surface area contributed by atoms with Gasteiger partial charge in [0.05, 0.1) is 19.3 Å². The molecule has 5 heteroatoms. The van der Waals surface area contributed by atoms with Gasteiger partial charge in [0.15, 0.2) is 0 Å². The maximum Gasteiger partial charge on any atom is 0.255 e. The van der Waals surface area contributed by atoms with E-state index in [1.54, 1.807) is 18.2 Å². The van der Waals surface area contributed by atoms with E-state index >= 15 is 0 Å². The van der Waals surface area contributed by atoms with Crippen molar-refractivity contribution in [1.82, 2.24) is 10.2 Å². The molecular formula is C17H25FN2O2. The number of aryl methyl sites for hydroxylation is 1. The Kier molecular flexibility index (Phi) is 6.19. The van der Waals surface area contributed by atoms with Crippen LogP contribution in [0.25, 0.3) is 0 Å². The first-order valence-electron chi connectivity index (χ1n) is 7.94. The van der Waals surface area contributed by atoms with Crippen molar-refractivity contribution in [3.05, 3.63) is 29.3 Å². The van der Waals surface area contributed by atoms with Gasteiger partial charge in [-0.1, -0.05) is 13.0 Å². The van der Waals surface area contributed by atoms with Crippen LogP contribution in [0.5, 0.6) is 5.75 Å². The van der Waals surface area contributed by atoms with E-state index in [4.69, 9.17) is 4.74 Å². The summed E-state index contributed by atoms with van der Waals surface area (Å²) in [5.74, 6) is 0.374. The predicted molar refractivity (Wildman–Crippen MR) is 85.3 cm³/mol. The van der Waals surface area contributed by atoms with Gasteiger partial charge in [-0.05, 0) is 43.6 Å². The highest BCUT2D eigenvalue weighted by atomic mass is 18.2. The fourth-order valence-electron chi connectivity index (χ4n) is 3.05. The maximum atomic E-state index is 12.5. The Labute approximate surface area is 131 Å². The summed E-state index contributed by atoms with van der Waals surface area (Å²) in [7, 11) is 1.54. The van der Waals surface area contributed by atoms with E-state index in [-0.39, 0.29) is 5.91 Å². The highest BCUT2D eigenvalue weighted by Gasteiger charge is 2.23. The summed E-state index contributed by atoms with van der Waals surface area (Å²) >= 11 is 0. The van der Waals surface area contributed by atoms with E-state index in [0.29, 0.717) is 30.3 Å². The molecule has 0 spiro atoms. The van der Waals surface area contributed by atoms with E-state index in [0.717, 1.165) is 25.1 Å². The van der Waals surface area contributed by atoms with Crippen LogP contribution >= 0.6 is 0 Å². The summed E-state index contributed by atoms with van der Waals surface area (Å²) in [5.41, 5.74) is 1.29. The van der Waals surface area contributed by atoms with Crippen LogP contribution in [0.1, 0.15) is 35.7 Å². The minimum Gasteiger partial charge on any atom is -0.496 e. The Morgan fingerprint density at radius 2 is 2.32 bits per heavy atom. The topological polar surface area (TPSA) is 41.6 Å². The Bertz CT molecular complexity index is 507. The number of alkyl halides is 1. The molecule has 0 bridgehead atoms. The zero-order valence-corrected chi connectivity index (χ0v) is 13.4. The van der Waals surface area contributed by atoms with Crippen LogP contribution in [0, 0.1) is 0 Å². The number of likely N-dealkylation sites (N-methyl/N-ethyl adjacent to an activating group) is 1. The fraction of sp³-hybridized carbons (Fsp3) is 0.588. The van der Waals surface area contributed by atoms with Crippen molar-refractivity contribution < 1.29 is 13.9 Å². The zero-order valence-electron chi connectivity index (χ0n) is 13.4. The molecule has 4 nitrogen and oxygen atoms in total. The lowest BCUT2D eigenvalue weighted by atomic mass is 10.1. The van der Waals surface area contributed by atoms with Crippen LogP contribution in [0.15, 0.2) is 18.2 Å². The molecule has 1 amide bonds. The Morgan fingerprint density at radius 3 is 3.00 bits per heavy atom. The molecule has 1 aromatic carbocycles. The second kappa shape index (κ2) is 8.13. The number of amides is 1. The number of methoxy groups -OCH3 is 1. The average molecular weight is 307 g/mol. The molecule has 1 fully saturated rings. The van der Waals surface area contributed by atoms with Crippen LogP contribution in [0.4, 0.5) is 4.39 Å². The molecule has 122 valence electrons. The lowest BCUT2D eigenvalue weighted by molar-refractivity contribution is 0.0938. The predicted octanol–water partition coefficient (Wildman–Crippen LogP) is 2.42. The van der Waals surface area contributed by atoms with Gasteiger partial charge in [0.25, 0.3) is 5.91 Å². The van der Waals surface area contributed by atoms with Gasteiger partial charge in [0, 0.05) is 19.0 Å². The third-order valence-electron chi connectivity index (χ3n) is 4.30. The number of nitrogens with zero attached hydrogens (tertiary/aromatic N) is 1. The van der Waals surface area contributed by atoms with Gasteiger partial charge in [0.1, 0.15) is 5.75 Å². The van der Waals surface area contributed by atoms with Crippen molar-refractivity contribution in [2.24, 2.45) is 0 Å². The first-order valence-corrected chi connectivity index (χ1v) is 7.94. The lowest BCUT2D eigenvalue weighted by Crippen LogP contribution is -2.40. The number of rotatable bonds is 7. The molecule has 0 unspecified atom stereocenters. The van der Waals surface area contributed by atoms with Crippen LogP contribution in [-0.2, 0) is 6.42 Å². The van der Waals surface area contributed by atoms with Crippen molar-refractivity contribution in [2.75, 3.05) is 33.4 Å². The highest BCUT2D eigenvalue weighted by molar-refractivity contribution is 5.97. The quantitative estimate of drug-likeness (QED) is 0.841. The second-order valence-electron chi connectivity index (χ2n) is 5.61. The van der Waals surface area contributed by atoms with Crippen LogP contribution < -0.4 is 10.1 Å². The summed E-state index contributed by atoms with van der Waals surface area (Å²) < 4.78 is 17.7. The zero-order chi connectivity index (χ0) is 15.9. The molecule has 1 atom stereocenters. The molecule has 0 saturated carbocycles. The Balaban J connectivity index is 2.03. The molecule has 1 heterocycles. The smallest absolute Gasteiger partial charge is 0.255 e. The van der Waals surface area contributed by atoms with Crippen LogP contribution in [-0.4, -0.2) is 50.3 Å². The number of hydrogen-bond donors (Lipinski definition) is 1. The normalized spacial score (nSPS) is 18.4. The summed E-state index contributed by atoms with van der Waals surface area (Å²) in [4.78, 5) is 14.8. The van der Waals surface area contributed by atoms with Crippen molar-refractivity contribution in [3.63, 3.8) is 0 Å². The van der Waals surface area contributed by atoms with E-state index in [2.05, 4.69) is 17.1 Å². The van der Waals surface area contributed by atoms with E-state index < -0.39 is 6.67 Å². The molecule has 1 aliphatic heterocycles. The van der Waals surface area contributed by atoms with E-state index in [1.165, 1.54) is 13.5 Å². The Hall–Kier alpha value is -1.62. The standard InChI is InChI=1S/C17H25FN2O2/c1-3-20-10-4-5-14(20)12-19-17(21)15-11-13(8-9-18)6-7-16(15)22-2/h6-7,11,14H,3-5,8-10,12H2,1-2H3,(H,19,21)/t14-/m1/s1/i18-1. The molecule has 22 heavy (non-hydrogen) atoms. The Morgan fingerprint density at radius 1 is 1.50 bits per heavy atom. The van der Waals surface area contributed by atoms with Gasteiger partial charge in [-0.2, -0.15) is 0 Å². The molecule has 0 aliphatic carbocycles. The number of nitrogens with one attached hydrogen (secondary N) is 1. The highest BCUT2D eigenvalue weighted by Crippen LogP contribution is 2.21.